The molecule has 0 fully saturated rings. The molecule has 108 valence electrons. The Bertz CT molecular complexity index is 985. The number of rotatable bonds is 2. The summed E-state index contributed by atoms with van der Waals surface area (Å²) >= 11 is 1.33. The van der Waals surface area contributed by atoms with E-state index < -0.39 is 6.16 Å². The summed E-state index contributed by atoms with van der Waals surface area (Å²) in [4.78, 5) is 11.7. The largest absolute Gasteiger partial charge is 0.512 e. The van der Waals surface area contributed by atoms with Crippen molar-refractivity contribution in [1.29, 1.82) is 0 Å². The third-order valence-corrected chi connectivity index (χ3v) is 4.53. The maximum atomic E-state index is 10.8. The number of nitrogens with zero attached hydrogens (tertiary/aromatic N) is 1. The number of hydrogen-bond acceptors (Lipinski definition) is 3. The summed E-state index contributed by atoms with van der Waals surface area (Å²) in [6.07, 6.45) is -1.29. The van der Waals surface area contributed by atoms with Gasteiger partial charge in [-0.15, -0.1) is 0 Å². The van der Waals surface area contributed by atoms with E-state index in [1.54, 1.807) is 6.07 Å². The van der Waals surface area contributed by atoms with Gasteiger partial charge in [-0.25, -0.2) is 4.79 Å². The van der Waals surface area contributed by atoms with Crippen LogP contribution in [0.15, 0.2) is 60.7 Å². The molecule has 4 aromatic rings. The summed E-state index contributed by atoms with van der Waals surface area (Å²) in [6, 6.07) is 19.9. The molecule has 2 aromatic carbocycles. The van der Waals surface area contributed by atoms with Gasteiger partial charge in [0, 0.05) is 22.5 Å². The van der Waals surface area contributed by atoms with Crippen molar-refractivity contribution < 1.29 is 14.6 Å². The lowest BCUT2D eigenvalue weighted by Crippen LogP contribution is -2.00. The summed E-state index contributed by atoms with van der Waals surface area (Å²) < 4.78 is 6.95. The van der Waals surface area contributed by atoms with Crippen LogP contribution in [0, 0.1) is 0 Å². The minimum absolute atomic E-state index is 0.382. The molecule has 0 aliphatic heterocycles. The summed E-state index contributed by atoms with van der Waals surface area (Å²) in [5, 5.41) is 11.3. The molecule has 2 heterocycles. The number of hydrogen-bond donors (Lipinski definition) is 1. The van der Waals surface area contributed by atoms with Gasteiger partial charge in [-0.3, -0.25) is 0 Å². The van der Waals surface area contributed by atoms with E-state index in [0.29, 0.717) is 5.06 Å². The molecule has 0 atom stereocenters. The molecular weight excluding hydrogens is 298 g/mol. The van der Waals surface area contributed by atoms with E-state index >= 15 is 0 Å². The van der Waals surface area contributed by atoms with Crippen LogP contribution in [0.4, 0.5) is 4.79 Å². The average Bonchev–Trinajstić information content (AvgIpc) is 3.03. The second kappa shape index (κ2) is 4.89. The lowest BCUT2D eigenvalue weighted by atomic mass is 10.2. The van der Waals surface area contributed by atoms with Crippen LogP contribution in [0.25, 0.3) is 26.8 Å². The van der Waals surface area contributed by atoms with Crippen molar-refractivity contribution in [2.75, 3.05) is 0 Å². The zero-order valence-electron chi connectivity index (χ0n) is 11.4. The number of aromatic nitrogens is 1. The van der Waals surface area contributed by atoms with E-state index in [0.717, 1.165) is 26.8 Å². The number of thiophene rings is 1. The minimum atomic E-state index is -1.29. The molecule has 4 nitrogen and oxygen atoms in total. The van der Waals surface area contributed by atoms with E-state index in [4.69, 9.17) is 9.84 Å². The molecular formula is C17H11NO3S. The maximum Gasteiger partial charge on any atom is 0.512 e. The predicted molar refractivity (Wildman–Crippen MR) is 87.3 cm³/mol. The predicted octanol–water partition coefficient (Wildman–Crippen LogP) is 4.90. The first-order valence-corrected chi connectivity index (χ1v) is 7.55. The van der Waals surface area contributed by atoms with Crippen LogP contribution in [0.3, 0.4) is 0 Å². The standard InChI is InChI=1S/C17H11NO3S/c19-17(20)21-15-10-13-12-8-4-5-9-14(12)18(16(13)22-15)11-6-2-1-3-7-11/h1-10H,(H,19,20). The van der Waals surface area contributed by atoms with Gasteiger partial charge < -0.3 is 14.4 Å². The molecule has 2 aromatic heterocycles. The Labute approximate surface area is 129 Å². The van der Waals surface area contributed by atoms with Crippen molar-refractivity contribution in [2.45, 2.75) is 0 Å². The first-order valence-electron chi connectivity index (χ1n) is 6.73. The fourth-order valence-corrected chi connectivity index (χ4v) is 3.75. The average molecular weight is 309 g/mol. The van der Waals surface area contributed by atoms with Crippen molar-refractivity contribution in [3.05, 3.63) is 60.7 Å². The number of carboxylic acid groups (broad SMARTS) is 1. The van der Waals surface area contributed by atoms with Crippen molar-refractivity contribution in [2.24, 2.45) is 0 Å². The number of fused-ring (bicyclic) bond motifs is 3. The van der Waals surface area contributed by atoms with Gasteiger partial charge in [0.15, 0.2) is 5.06 Å². The Kier molecular flexibility index (Phi) is 2.87. The summed E-state index contributed by atoms with van der Waals surface area (Å²) in [7, 11) is 0. The molecule has 0 saturated carbocycles. The van der Waals surface area contributed by atoms with Crippen molar-refractivity contribution >= 4 is 38.6 Å². The Morgan fingerprint density at radius 3 is 2.50 bits per heavy atom. The van der Waals surface area contributed by atoms with Gasteiger partial charge in [-0.05, 0) is 18.2 Å². The van der Waals surface area contributed by atoms with Crippen LogP contribution in [-0.2, 0) is 0 Å². The van der Waals surface area contributed by atoms with Crippen LogP contribution in [-0.4, -0.2) is 15.8 Å². The highest BCUT2D eigenvalue weighted by atomic mass is 32.1. The number of benzene rings is 2. The summed E-state index contributed by atoms with van der Waals surface area (Å²) in [5.74, 6) is 0. The number of carbonyl (C=O) groups is 1. The van der Waals surface area contributed by atoms with Crippen molar-refractivity contribution in [3.63, 3.8) is 0 Å². The zero-order chi connectivity index (χ0) is 15.1. The topological polar surface area (TPSA) is 51.5 Å². The highest BCUT2D eigenvalue weighted by Crippen LogP contribution is 2.40. The van der Waals surface area contributed by atoms with Gasteiger partial charge in [0.2, 0.25) is 0 Å². The molecule has 0 unspecified atom stereocenters. The van der Waals surface area contributed by atoms with Crippen LogP contribution < -0.4 is 4.74 Å². The van der Waals surface area contributed by atoms with Crippen LogP contribution in [0.2, 0.25) is 0 Å². The van der Waals surface area contributed by atoms with E-state index in [2.05, 4.69) is 10.6 Å². The highest BCUT2D eigenvalue weighted by molar-refractivity contribution is 7.20. The van der Waals surface area contributed by atoms with Crippen molar-refractivity contribution in [3.8, 4) is 10.8 Å². The first kappa shape index (κ1) is 12.9. The van der Waals surface area contributed by atoms with E-state index in [1.165, 1.54) is 11.3 Å². The third kappa shape index (κ3) is 1.95. The molecule has 0 amide bonds. The first-order chi connectivity index (χ1) is 10.7. The Balaban J connectivity index is 2.06. The Hall–Kier alpha value is -2.79. The SMILES string of the molecule is O=C(O)Oc1cc2c3ccccc3n(-c3ccccc3)c2s1. The van der Waals surface area contributed by atoms with Gasteiger partial charge in [0.1, 0.15) is 4.83 Å². The van der Waals surface area contributed by atoms with Crippen molar-refractivity contribution in [1.82, 2.24) is 4.57 Å². The minimum Gasteiger partial charge on any atom is -0.449 e. The third-order valence-electron chi connectivity index (χ3n) is 3.53. The summed E-state index contributed by atoms with van der Waals surface area (Å²) in [5.41, 5.74) is 2.13. The second-order valence-corrected chi connectivity index (χ2v) is 5.83. The summed E-state index contributed by atoms with van der Waals surface area (Å²) in [6.45, 7) is 0. The Morgan fingerprint density at radius 1 is 1.00 bits per heavy atom. The fourth-order valence-electron chi connectivity index (χ4n) is 2.69. The number of ether oxygens (including phenoxy) is 1. The highest BCUT2D eigenvalue weighted by Gasteiger charge is 2.16. The molecule has 0 radical (unpaired) electrons. The molecule has 0 bridgehead atoms. The fraction of sp³-hybridized carbons (Fsp3) is 0. The van der Waals surface area contributed by atoms with Gasteiger partial charge in [0.05, 0.1) is 5.52 Å². The molecule has 0 aliphatic rings. The zero-order valence-corrected chi connectivity index (χ0v) is 12.2. The van der Waals surface area contributed by atoms with Gasteiger partial charge in [0.25, 0.3) is 0 Å². The van der Waals surface area contributed by atoms with Crippen LogP contribution >= 0.6 is 11.3 Å². The Morgan fingerprint density at radius 2 is 1.73 bits per heavy atom. The van der Waals surface area contributed by atoms with Gasteiger partial charge >= 0.3 is 6.16 Å². The monoisotopic (exact) mass is 309 g/mol. The maximum absolute atomic E-state index is 10.8. The molecule has 0 aliphatic carbocycles. The molecule has 0 saturated heterocycles. The number of para-hydroxylation sites is 2. The van der Waals surface area contributed by atoms with Gasteiger partial charge in [-0.1, -0.05) is 47.7 Å². The molecule has 0 spiro atoms. The van der Waals surface area contributed by atoms with E-state index in [9.17, 15) is 4.79 Å². The molecule has 5 heteroatoms. The van der Waals surface area contributed by atoms with Gasteiger partial charge in [-0.2, -0.15) is 0 Å². The molecule has 1 N–H and O–H groups in total. The lowest BCUT2D eigenvalue weighted by Gasteiger charge is -2.06. The molecule has 22 heavy (non-hydrogen) atoms. The molecule has 4 rings (SSSR count). The smallest absolute Gasteiger partial charge is 0.449 e. The lowest BCUT2D eigenvalue weighted by molar-refractivity contribution is 0.146. The van der Waals surface area contributed by atoms with E-state index in [-0.39, 0.29) is 0 Å². The van der Waals surface area contributed by atoms with E-state index in [1.807, 2.05) is 48.5 Å². The van der Waals surface area contributed by atoms with Crippen LogP contribution in [0.1, 0.15) is 0 Å². The normalized spacial score (nSPS) is 11.1. The van der Waals surface area contributed by atoms with Crippen LogP contribution in [0.5, 0.6) is 5.06 Å². The quantitative estimate of drug-likeness (QED) is 0.536. The second-order valence-electron chi connectivity index (χ2n) is 4.84.